The second kappa shape index (κ2) is 10.7. The first-order valence-corrected chi connectivity index (χ1v) is 9.86. The number of nitriles is 1. The zero-order chi connectivity index (χ0) is 22.1. The van der Waals surface area contributed by atoms with Gasteiger partial charge in [-0.1, -0.05) is 36.4 Å². The number of hydrazone groups is 1. The molecule has 0 bridgehead atoms. The first-order chi connectivity index (χ1) is 15.1. The Bertz CT molecular complexity index is 1170. The van der Waals surface area contributed by atoms with Crippen molar-refractivity contribution in [2.75, 3.05) is 6.61 Å². The normalized spacial score (nSPS) is 10.3. The van der Waals surface area contributed by atoms with Crippen LogP contribution in [-0.4, -0.2) is 24.7 Å². The second-order valence-electron chi connectivity index (χ2n) is 6.13. The predicted octanol–water partition coefficient (Wildman–Crippen LogP) is 4.07. The van der Waals surface area contributed by atoms with Crippen LogP contribution in [0.3, 0.4) is 0 Å². The summed E-state index contributed by atoms with van der Waals surface area (Å²) in [5.74, 6) is -0.318. The molecule has 1 N–H and O–H groups in total. The molecule has 0 aliphatic heterocycles. The fourth-order valence-corrected chi connectivity index (χ4v) is 2.93. The number of amides is 1. The van der Waals surface area contributed by atoms with Gasteiger partial charge < -0.3 is 9.47 Å². The maximum Gasteiger partial charge on any atom is 0.344 e. The maximum absolute atomic E-state index is 12.3. The van der Waals surface area contributed by atoms with Gasteiger partial charge in [-0.05, 0) is 57.9 Å². The third kappa shape index (κ3) is 6.26. The van der Waals surface area contributed by atoms with Crippen molar-refractivity contribution in [2.45, 2.75) is 0 Å². The van der Waals surface area contributed by atoms with Gasteiger partial charge in [0.25, 0.3) is 5.91 Å². The van der Waals surface area contributed by atoms with Gasteiger partial charge in [0.1, 0.15) is 17.6 Å². The Labute approximate surface area is 187 Å². The number of hydrogen-bond acceptors (Lipinski definition) is 6. The summed E-state index contributed by atoms with van der Waals surface area (Å²) in [6.45, 7) is -0.292. The van der Waals surface area contributed by atoms with E-state index in [0.29, 0.717) is 32.7 Å². The molecule has 3 rings (SSSR count). The van der Waals surface area contributed by atoms with Crippen molar-refractivity contribution in [2.24, 2.45) is 5.10 Å². The van der Waals surface area contributed by atoms with E-state index in [4.69, 9.17) is 14.7 Å². The molecular formula is C23H16BrN3O4. The molecule has 3 aromatic carbocycles. The molecule has 3 aromatic rings. The van der Waals surface area contributed by atoms with Crippen LogP contribution in [-0.2, 0) is 4.79 Å². The summed E-state index contributed by atoms with van der Waals surface area (Å²) >= 11 is 3.32. The number of hydrogen-bond donors (Lipinski definition) is 1. The van der Waals surface area contributed by atoms with Crippen LogP contribution in [0, 0.1) is 11.3 Å². The van der Waals surface area contributed by atoms with E-state index in [0.717, 1.165) is 0 Å². The highest BCUT2D eigenvalue weighted by Gasteiger charge is 2.12. The molecule has 0 saturated carbocycles. The number of carbonyl (C=O) groups excluding carboxylic acids is 2. The van der Waals surface area contributed by atoms with E-state index in [1.807, 2.05) is 6.07 Å². The Morgan fingerprint density at radius 3 is 2.65 bits per heavy atom. The SMILES string of the molecule is N#Cc1ccccc1OCC(=O)NN=Cc1cccc(OC(=O)c2ccccc2Br)c1. The Morgan fingerprint density at radius 2 is 1.84 bits per heavy atom. The highest BCUT2D eigenvalue weighted by atomic mass is 79.9. The molecule has 7 nitrogen and oxygen atoms in total. The highest BCUT2D eigenvalue weighted by Crippen LogP contribution is 2.20. The minimum absolute atomic E-state index is 0.292. The van der Waals surface area contributed by atoms with Gasteiger partial charge in [0.2, 0.25) is 0 Å². The topological polar surface area (TPSA) is 101 Å². The number of esters is 1. The molecule has 0 radical (unpaired) electrons. The lowest BCUT2D eigenvalue weighted by Gasteiger charge is -2.07. The quantitative estimate of drug-likeness (QED) is 0.239. The summed E-state index contributed by atoms with van der Waals surface area (Å²) < 4.78 is 11.4. The van der Waals surface area contributed by atoms with Crippen LogP contribution in [0.4, 0.5) is 0 Å². The van der Waals surface area contributed by atoms with Crippen LogP contribution in [0.25, 0.3) is 0 Å². The van der Waals surface area contributed by atoms with Crippen LogP contribution >= 0.6 is 15.9 Å². The van der Waals surface area contributed by atoms with Crippen LogP contribution in [0.15, 0.2) is 82.4 Å². The molecule has 0 spiro atoms. The molecule has 0 fully saturated rings. The van der Waals surface area contributed by atoms with E-state index < -0.39 is 11.9 Å². The minimum atomic E-state index is -0.496. The first-order valence-electron chi connectivity index (χ1n) is 9.07. The smallest absolute Gasteiger partial charge is 0.344 e. The molecule has 0 atom stereocenters. The van der Waals surface area contributed by atoms with Gasteiger partial charge in [0.15, 0.2) is 6.61 Å². The van der Waals surface area contributed by atoms with Crippen molar-refractivity contribution in [3.8, 4) is 17.6 Å². The molecule has 0 heterocycles. The average molecular weight is 478 g/mol. The molecule has 31 heavy (non-hydrogen) atoms. The monoisotopic (exact) mass is 477 g/mol. The van der Waals surface area contributed by atoms with Gasteiger partial charge in [-0.25, -0.2) is 10.2 Å². The molecule has 8 heteroatoms. The summed E-state index contributed by atoms with van der Waals surface area (Å²) in [4.78, 5) is 24.2. The molecule has 1 amide bonds. The molecule has 0 unspecified atom stereocenters. The Morgan fingerprint density at radius 1 is 1.06 bits per heavy atom. The number of para-hydroxylation sites is 1. The van der Waals surface area contributed by atoms with E-state index >= 15 is 0 Å². The number of nitrogens with one attached hydrogen (secondary N) is 1. The van der Waals surface area contributed by atoms with Gasteiger partial charge in [0.05, 0.1) is 17.3 Å². The molecule has 0 aromatic heterocycles. The lowest BCUT2D eigenvalue weighted by molar-refractivity contribution is -0.123. The van der Waals surface area contributed by atoms with Gasteiger partial charge in [-0.3, -0.25) is 4.79 Å². The van der Waals surface area contributed by atoms with Crippen LogP contribution in [0.2, 0.25) is 0 Å². The summed E-state index contributed by atoms with van der Waals surface area (Å²) in [5, 5.41) is 12.9. The minimum Gasteiger partial charge on any atom is -0.482 e. The number of benzene rings is 3. The van der Waals surface area contributed by atoms with E-state index in [9.17, 15) is 9.59 Å². The molecular weight excluding hydrogens is 462 g/mol. The second-order valence-corrected chi connectivity index (χ2v) is 6.99. The Hall–Kier alpha value is -3.96. The summed E-state index contributed by atoms with van der Waals surface area (Å²) in [5.41, 5.74) is 3.71. The predicted molar refractivity (Wildman–Crippen MR) is 118 cm³/mol. The molecule has 154 valence electrons. The number of halogens is 1. The molecule has 0 saturated heterocycles. The number of ether oxygens (including phenoxy) is 2. The van der Waals surface area contributed by atoms with Crippen molar-refractivity contribution in [1.29, 1.82) is 5.26 Å². The summed E-state index contributed by atoms with van der Waals surface area (Å²) in [6.07, 6.45) is 1.41. The lowest BCUT2D eigenvalue weighted by atomic mass is 10.2. The van der Waals surface area contributed by atoms with E-state index in [-0.39, 0.29) is 6.61 Å². The van der Waals surface area contributed by atoms with Crippen LogP contribution < -0.4 is 14.9 Å². The van der Waals surface area contributed by atoms with Crippen molar-refractivity contribution in [1.82, 2.24) is 5.43 Å². The maximum atomic E-state index is 12.3. The average Bonchev–Trinajstić information content (AvgIpc) is 2.78. The van der Waals surface area contributed by atoms with Crippen molar-refractivity contribution < 1.29 is 19.1 Å². The number of rotatable bonds is 7. The van der Waals surface area contributed by atoms with Gasteiger partial charge in [-0.15, -0.1) is 0 Å². The van der Waals surface area contributed by atoms with Gasteiger partial charge in [0, 0.05) is 4.47 Å². The largest absolute Gasteiger partial charge is 0.482 e. The van der Waals surface area contributed by atoms with Crippen molar-refractivity contribution in [3.63, 3.8) is 0 Å². The Balaban J connectivity index is 1.54. The number of carbonyl (C=O) groups is 2. The third-order valence-corrected chi connectivity index (χ3v) is 4.62. The zero-order valence-corrected chi connectivity index (χ0v) is 17.7. The Kier molecular flexibility index (Phi) is 7.51. The number of nitrogens with zero attached hydrogens (tertiary/aromatic N) is 2. The van der Waals surface area contributed by atoms with Gasteiger partial charge >= 0.3 is 5.97 Å². The first kappa shape index (κ1) is 21.7. The summed E-state index contributed by atoms with van der Waals surface area (Å²) in [7, 11) is 0. The molecule has 0 aliphatic rings. The van der Waals surface area contributed by atoms with Crippen molar-refractivity contribution >= 4 is 34.0 Å². The highest BCUT2D eigenvalue weighted by molar-refractivity contribution is 9.10. The summed E-state index contributed by atoms with van der Waals surface area (Å²) in [6, 6.07) is 22.3. The van der Waals surface area contributed by atoms with E-state index in [1.165, 1.54) is 6.21 Å². The van der Waals surface area contributed by atoms with Crippen LogP contribution in [0.1, 0.15) is 21.5 Å². The molecule has 0 aliphatic carbocycles. The fourth-order valence-electron chi connectivity index (χ4n) is 2.49. The zero-order valence-electron chi connectivity index (χ0n) is 16.1. The van der Waals surface area contributed by atoms with E-state index in [2.05, 4.69) is 26.5 Å². The van der Waals surface area contributed by atoms with Crippen LogP contribution in [0.5, 0.6) is 11.5 Å². The van der Waals surface area contributed by atoms with Crippen molar-refractivity contribution in [3.05, 3.63) is 94.0 Å². The lowest BCUT2D eigenvalue weighted by Crippen LogP contribution is -2.24. The fraction of sp³-hybridized carbons (Fsp3) is 0.0435. The third-order valence-electron chi connectivity index (χ3n) is 3.93. The van der Waals surface area contributed by atoms with E-state index in [1.54, 1.807) is 72.8 Å². The standard InChI is InChI=1S/C23H16BrN3O4/c24-20-10-3-2-9-19(20)23(29)31-18-8-5-6-16(12-18)14-26-27-22(28)15-30-21-11-4-1-7-17(21)13-25/h1-12,14H,15H2,(H,27,28). The van der Waals surface area contributed by atoms with Gasteiger partial charge in [-0.2, -0.15) is 10.4 Å².